The number of rotatable bonds is 11. The summed E-state index contributed by atoms with van der Waals surface area (Å²) in [5.41, 5.74) is 3.99. The standard InChI is InChI=1S/C28H32N4O5S/c1-18(2)15-26(28(33)34)32(17-21-5-9-22(37-4)10-6-21)38(35,36)23-11-7-20(8-12-23)16-25-27-24(13-14-29-25)30-19(3)31-27/h5-14,18,26H,15-17H2,1-4H3,(H,30,31)(H,33,34)/t26-/m0/s1. The maximum absolute atomic E-state index is 13.8. The molecule has 0 radical (unpaired) electrons. The number of ether oxygens (including phenoxy) is 1. The van der Waals surface area contributed by atoms with Crippen LogP contribution in [0, 0.1) is 12.8 Å². The number of carboxylic acid groups (broad SMARTS) is 1. The van der Waals surface area contributed by atoms with E-state index in [2.05, 4.69) is 15.0 Å². The number of hydrogen-bond acceptors (Lipinski definition) is 6. The lowest BCUT2D eigenvalue weighted by molar-refractivity contribution is -0.142. The first-order chi connectivity index (χ1) is 18.1. The number of aromatic amines is 1. The van der Waals surface area contributed by atoms with Crippen LogP contribution in [-0.2, 0) is 27.8 Å². The zero-order valence-corrected chi connectivity index (χ0v) is 22.7. The number of aryl methyl sites for hydroxylation is 1. The van der Waals surface area contributed by atoms with Gasteiger partial charge in [-0.25, -0.2) is 13.4 Å². The normalized spacial score (nSPS) is 12.8. The van der Waals surface area contributed by atoms with Gasteiger partial charge in [-0.1, -0.05) is 38.1 Å². The Kier molecular flexibility index (Phi) is 8.13. The molecule has 0 aliphatic rings. The summed E-state index contributed by atoms with van der Waals surface area (Å²) >= 11 is 0. The van der Waals surface area contributed by atoms with E-state index in [-0.39, 0.29) is 23.8 Å². The number of H-pyrrole nitrogens is 1. The third-order valence-electron chi connectivity index (χ3n) is 6.32. The number of sulfonamides is 1. The molecule has 2 N–H and O–H groups in total. The average molecular weight is 537 g/mol. The first kappa shape index (κ1) is 27.3. The fraction of sp³-hybridized carbons (Fsp3) is 0.321. The van der Waals surface area contributed by atoms with Crippen molar-refractivity contribution in [1.82, 2.24) is 19.3 Å². The van der Waals surface area contributed by atoms with Crippen LogP contribution in [0.2, 0.25) is 0 Å². The second-order valence-electron chi connectivity index (χ2n) is 9.68. The molecule has 0 spiro atoms. The van der Waals surface area contributed by atoms with Crippen molar-refractivity contribution in [1.29, 1.82) is 0 Å². The van der Waals surface area contributed by atoms with Crippen molar-refractivity contribution in [2.24, 2.45) is 5.92 Å². The minimum absolute atomic E-state index is 0.0204. The van der Waals surface area contributed by atoms with Crippen molar-refractivity contribution in [3.05, 3.63) is 83.4 Å². The molecular weight excluding hydrogens is 504 g/mol. The zero-order chi connectivity index (χ0) is 27.4. The highest BCUT2D eigenvalue weighted by Gasteiger charge is 2.36. The second kappa shape index (κ2) is 11.3. The number of hydrogen-bond donors (Lipinski definition) is 2. The Morgan fingerprint density at radius 3 is 2.32 bits per heavy atom. The van der Waals surface area contributed by atoms with E-state index in [1.54, 1.807) is 49.7 Å². The molecule has 200 valence electrons. The van der Waals surface area contributed by atoms with Gasteiger partial charge in [0.2, 0.25) is 10.0 Å². The molecule has 2 heterocycles. The largest absolute Gasteiger partial charge is 0.497 e. The smallest absolute Gasteiger partial charge is 0.322 e. The molecule has 0 bridgehead atoms. The van der Waals surface area contributed by atoms with Crippen LogP contribution < -0.4 is 4.74 Å². The monoisotopic (exact) mass is 536 g/mol. The Morgan fingerprint density at radius 1 is 1.05 bits per heavy atom. The lowest BCUT2D eigenvalue weighted by atomic mass is 10.0. The van der Waals surface area contributed by atoms with E-state index in [1.165, 1.54) is 12.1 Å². The summed E-state index contributed by atoms with van der Waals surface area (Å²) < 4.78 is 34.0. The Labute approximate surface area is 222 Å². The number of carboxylic acids is 1. The van der Waals surface area contributed by atoms with Gasteiger partial charge in [0.15, 0.2) is 0 Å². The van der Waals surface area contributed by atoms with Crippen LogP contribution >= 0.6 is 0 Å². The van der Waals surface area contributed by atoms with Crippen molar-refractivity contribution in [2.75, 3.05) is 7.11 Å². The number of pyridine rings is 1. The molecule has 2 aromatic carbocycles. The van der Waals surface area contributed by atoms with E-state index in [0.29, 0.717) is 17.7 Å². The summed E-state index contributed by atoms with van der Waals surface area (Å²) in [4.78, 5) is 24.5. The zero-order valence-electron chi connectivity index (χ0n) is 21.9. The van der Waals surface area contributed by atoms with Gasteiger partial charge in [0, 0.05) is 19.2 Å². The predicted octanol–water partition coefficient (Wildman–Crippen LogP) is 4.56. The molecule has 0 amide bonds. The molecule has 0 unspecified atom stereocenters. The van der Waals surface area contributed by atoms with Gasteiger partial charge < -0.3 is 14.8 Å². The number of imidazole rings is 1. The minimum Gasteiger partial charge on any atom is -0.497 e. The lowest BCUT2D eigenvalue weighted by Gasteiger charge is -2.29. The van der Waals surface area contributed by atoms with E-state index in [9.17, 15) is 18.3 Å². The van der Waals surface area contributed by atoms with E-state index >= 15 is 0 Å². The molecule has 2 aromatic heterocycles. The van der Waals surface area contributed by atoms with E-state index in [1.807, 2.05) is 26.8 Å². The molecule has 0 saturated heterocycles. The van der Waals surface area contributed by atoms with Gasteiger partial charge in [0.1, 0.15) is 23.1 Å². The molecule has 0 aliphatic heterocycles. The summed E-state index contributed by atoms with van der Waals surface area (Å²) in [6.07, 6.45) is 2.37. The summed E-state index contributed by atoms with van der Waals surface area (Å²) in [5.74, 6) is 0.224. The van der Waals surface area contributed by atoms with Gasteiger partial charge >= 0.3 is 5.97 Å². The van der Waals surface area contributed by atoms with Crippen molar-refractivity contribution >= 4 is 27.0 Å². The molecule has 0 aliphatic carbocycles. The molecule has 4 aromatic rings. The van der Waals surface area contributed by atoms with Crippen LogP contribution in [0.5, 0.6) is 5.75 Å². The van der Waals surface area contributed by atoms with E-state index in [0.717, 1.165) is 32.4 Å². The molecule has 10 heteroatoms. The third-order valence-corrected chi connectivity index (χ3v) is 8.19. The number of benzene rings is 2. The molecule has 0 saturated carbocycles. The van der Waals surface area contributed by atoms with Crippen LogP contribution in [0.15, 0.2) is 65.7 Å². The fourth-order valence-electron chi connectivity index (χ4n) is 4.41. The molecular formula is C28H32N4O5S. The number of carbonyl (C=O) groups is 1. The summed E-state index contributed by atoms with van der Waals surface area (Å²) in [6.45, 7) is 5.55. The highest BCUT2D eigenvalue weighted by Crippen LogP contribution is 2.26. The van der Waals surface area contributed by atoms with Crippen molar-refractivity contribution in [3.8, 4) is 5.75 Å². The Hall–Kier alpha value is -3.76. The maximum atomic E-state index is 13.8. The Bertz CT molecular complexity index is 1510. The molecule has 1 atom stereocenters. The van der Waals surface area contributed by atoms with E-state index < -0.39 is 22.0 Å². The van der Waals surface area contributed by atoms with Crippen LogP contribution in [0.25, 0.3) is 11.0 Å². The molecule has 0 fully saturated rings. The number of fused-ring (bicyclic) bond motifs is 1. The van der Waals surface area contributed by atoms with Crippen LogP contribution in [0.4, 0.5) is 0 Å². The second-order valence-corrected chi connectivity index (χ2v) is 11.6. The summed E-state index contributed by atoms with van der Waals surface area (Å²) in [6, 6.07) is 14.1. The van der Waals surface area contributed by atoms with Crippen molar-refractivity contribution < 1.29 is 23.1 Å². The Balaban J connectivity index is 1.65. The van der Waals surface area contributed by atoms with Crippen LogP contribution in [0.1, 0.15) is 42.9 Å². The molecule has 4 rings (SSSR count). The first-order valence-corrected chi connectivity index (χ1v) is 13.8. The van der Waals surface area contributed by atoms with Gasteiger partial charge in [-0.3, -0.25) is 9.78 Å². The first-order valence-electron chi connectivity index (χ1n) is 12.3. The minimum atomic E-state index is -4.14. The van der Waals surface area contributed by atoms with Gasteiger partial charge in [-0.2, -0.15) is 4.31 Å². The highest BCUT2D eigenvalue weighted by molar-refractivity contribution is 7.89. The molecule has 38 heavy (non-hydrogen) atoms. The Morgan fingerprint density at radius 2 is 1.71 bits per heavy atom. The highest BCUT2D eigenvalue weighted by atomic mass is 32.2. The lowest BCUT2D eigenvalue weighted by Crippen LogP contribution is -2.45. The third kappa shape index (κ3) is 6.03. The predicted molar refractivity (Wildman–Crippen MR) is 144 cm³/mol. The number of aliphatic carboxylic acids is 1. The average Bonchev–Trinajstić information content (AvgIpc) is 3.27. The van der Waals surface area contributed by atoms with Gasteiger partial charge in [0.25, 0.3) is 0 Å². The van der Waals surface area contributed by atoms with Gasteiger partial charge in [0.05, 0.1) is 23.2 Å². The van der Waals surface area contributed by atoms with Crippen LogP contribution in [-0.4, -0.2) is 51.9 Å². The molecule has 9 nitrogen and oxygen atoms in total. The van der Waals surface area contributed by atoms with Crippen molar-refractivity contribution in [2.45, 2.75) is 51.1 Å². The number of nitrogens with zero attached hydrogens (tertiary/aromatic N) is 3. The number of methoxy groups -OCH3 is 1. The number of nitrogens with one attached hydrogen (secondary N) is 1. The summed E-state index contributed by atoms with van der Waals surface area (Å²) in [5, 5.41) is 10.0. The van der Waals surface area contributed by atoms with E-state index in [4.69, 9.17) is 4.74 Å². The topological polar surface area (TPSA) is 125 Å². The maximum Gasteiger partial charge on any atom is 0.322 e. The number of aromatic nitrogens is 3. The van der Waals surface area contributed by atoms with Crippen LogP contribution in [0.3, 0.4) is 0 Å². The van der Waals surface area contributed by atoms with Gasteiger partial charge in [-0.05, 0) is 60.7 Å². The SMILES string of the molecule is COc1ccc(CN([C@@H](CC(C)C)C(=O)O)S(=O)(=O)c2ccc(Cc3nccc4[nH]c(C)nc34)cc2)cc1. The fourth-order valence-corrected chi connectivity index (χ4v) is 5.99. The van der Waals surface area contributed by atoms with Gasteiger partial charge in [-0.15, -0.1) is 0 Å². The summed E-state index contributed by atoms with van der Waals surface area (Å²) in [7, 11) is -2.59. The van der Waals surface area contributed by atoms with Crippen molar-refractivity contribution in [3.63, 3.8) is 0 Å². The quantitative estimate of drug-likeness (QED) is 0.288.